The van der Waals surface area contributed by atoms with Crippen molar-refractivity contribution in [2.45, 2.75) is 18.8 Å². The summed E-state index contributed by atoms with van der Waals surface area (Å²) in [6.45, 7) is -2.24. The number of esters is 1. The maximum absolute atomic E-state index is 12.2. The Kier molecular flexibility index (Phi) is 6.41. The number of hydrogen-bond donors (Lipinski definition) is 0. The van der Waals surface area contributed by atoms with Crippen LogP contribution in [0.5, 0.6) is 0 Å². The van der Waals surface area contributed by atoms with E-state index in [1.165, 1.54) is 6.07 Å². The molecule has 0 amide bonds. The van der Waals surface area contributed by atoms with Gasteiger partial charge in [-0.3, -0.25) is 4.79 Å². The van der Waals surface area contributed by atoms with Gasteiger partial charge in [-0.1, -0.05) is 0 Å². The molecule has 8 heteroatoms. The number of halogens is 4. The fraction of sp³-hybridized carbons (Fsp3) is 0.750. The van der Waals surface area contributed by atoms with Gasteiger partial charge in [0.2, 0.25) is 0 Å². The van der Waals surface area contributed by atoms with E-state index in [0.717, 1.165) is 0 Å². The molecule has 0 aliphatic carbocycles. The van der Waals surface area contributed by atoms with Gasteiger partial charge in [0.25, 0.3) is 0 Å². The van der Waals surface area contributed by atoms with Crippen LogP contribution in [-0.2, 0) is 14.3 Å². The minimum Gasteiger partial charge on any atom is -0.462 e. The molecule has 0 aromatic heterocycles. The van der Waals surface area contributed by atoms with Gasteiger partial charge in [0.15, 0.2) is 0 Å². The van der Waals surface area contributed by atoms with E-state index in [9.17, 15) is 22.4 Å². The molecule has 0 aliphatic heterocycles. The molecule has 0 unspecified atom stereocenters. The highest BCUT2D eigenvalue weighted by molar-refractivity contribution is 5.71. The number of ether oxygens (including phenoxy) is 2. The molecule has 0 fully saturated rings. The monoisotopic (exact) mass is 243 g/mol. The summed E-state index contributed by atoms with van der Waals surface area (Å²) in [5.41, 5.74) is 0. The standard InChI is InChI=1S/C8H9F4NO3/c9-7(10)8(11,12)5-15-3-4-16-6(14)1-2-13/h7H,1,3-5H2. The second-order valence-electron chi connectivity index (χ2n) is 2.67. The third-order valence-electron chi connectivity index (χ3n) is 1.33. The normalized spacial score (nSPS) is 11.2. The quantitative estimate of drug-likeness (QED) is 0.385. The summed E-state index contributed by atoms with van der Waals surface area (Å²) in [6, 6.07) is 1.51. The largest absolute Gasteiger partial charge is 0.462 e. The lowest BCUT2D eigenvalue weighted by Crippen LogP contribution is -2.32. The van der Waals surface area contributed by atoms with Crippen LogP contribution >= 0.6 is 0 Å². The van der Waals surface area contributed by atoms with Crippen LogP contribution in [0.2, 0.25) is 0 Å². The molecule has 0 spiro atoms. The Bertz CT molecular complexity index is 264. The van der Waals surface area contributed by atoms with E-state index in [1.807, 2.05) is 0 Å². The van der Waals surface area contributed by atoms with Crippen molar-refractivity contribution >= 4 is 5.97 Å². The summed E-state index contributed by atoms with van der Waals surface area (Å²) < 4.78 is 56.2. The first kappa shape index (κ1) is 14.6. The van der Waals surface area contributed by atoms with Crippen molar-refractivity contribution < 1.29 is 31.8 Å². The zero-order valence-electron chi connectivity index (χ0n) is 8.09. The van der Waals surface area contributed by atoms with Crippen LogP contribution < -0.4 is 0 Å². The summed E-state index contributed by atoms with van der Waals surface area (Å²) in [4.78, 5) is 10.5. The van der Waals surface area contributed by atoms with Crippen LogP contribution in [0.25, 0.3) is 0 Å². The highest BCUT2D eigenvalue weighted by Crippen LogP contribution is 2.22. The fourth-order valence-corrected chi connectivity index (χ4v) is 0.601. The number of carbonyl (C=O) groups excluding carboxylic acids is 1. The van der Waals surface area contributed by atoms with E-state index in [-0.39, 0.29) is 6.61 Å². The van der Waals surface area contributed by atoms with Crippen LogP contribution in [0, 0.1) is 11.3 Å². The highest BCUT2D eigenvalue weighted by Gasteiger charge is 2.40. The van der Waals surface area contributed by atoms with E-state index in [1.54, 1.807) is 0 Å². The minimum atomic E-state index is -4.21. The van der Waals surface area contributed by atoms with E-state index < -0.39 is 38.0 Å². The molecular weight excluding hydrogens is 234 g/mol. The van der Waals surface area contributed by atoms with E-state index in [2.05, 4.69) is 9.47 Å². The summed E-state index contributed by atoms with van der Waals surface area (Å²) >= 11 is 0. The van der Waals surface area contributed by atoms with E-state index >= 15 is 0 Å². The molecule has 0 heterocycles. The van der Waals surface area contributed by atoms with E-state index in [4.69, 9.17) is 5.26 Å². The second-order valence-corrected chi connectivity index (χ2v) is 2.67. The van der Waals surface area contributed by atoms with Gasteiger partial charge in [0.1, 0.15) is 19.6 Å². The van der Waals surface area contributed by atoms with Crippen LogP contribution in [0.4, 0.5) is 17.6 Å². The molecule has 16 heavy (non-hydrogen) atoms. The second kappa shape index (κ2) is 7.00. The molecule has 0 aromatic carbocycles. The van der Waals surface area contributed by atoms with Gasteiger partial charge in [-0.05, 0) is 0 Å². The molecule has 0 aromatic rings. The zero-order chi connectivity index (χ0) is 12.6. The topological polar surface area (TPSA) is 59.3 Å². The Morgan fingerprint density at radius 3 is 2.50 bits per heavy atom. The average molecular weight is 243 g/mol. The molecular formula is C8H9F4NO3. The Morgan fingerprint density at radius 2 is 2.00 bits per heavy atom. The van der Waals surface area contributed by atoms with Crippen LogP contribution in [0.1, 0.15) is 6.42 Å². The average Bonchev–Trinajstić information content (AvgIpc) is 2.17. The molecule has 92 valence electrons. The van der Waals surface area contributed by atoms with Crippen molar-refractivity contribution in [3.63, 3.8) is 0 Å². The molecule has 0 aliphatic rings. The molecule has 0 bridgehead atoms. The molecule has 0 N–H and O–H groups in total. The Morgan fingerprint density at radius 1 is 1.38 bits per heavy atom. The predicted molar refractivity (Wildman–Crippen MR) is 43.0 cm³/mol. The first-order valence-electron chi connectivity index (χ1n) is 4.16. The van der Waals surface area contributed by atoms with Crippen molar-refractivity contribution in [1.29, 1.82) is 5.26 Å². The molecule has 0 saturated heterocycles. The number of hydrogen-bond acceptors (Lipinski definition) is 4. The number of nitriles is 1. The fourth-order valence-electron chi connectivity index (χ4n) is 0.601. The van der Waals surface area contributed by atoms with Crippen molar-refractivity contribution in [1.82, 2.24) is 0 Å². The maximum Gasteiger partial charge on any atom is 0.330 e. The lowest BCUT2D eigenvalue weighted by Gasteiger charge is -2.14. The van der Waals surface area contributed by atoms with Crippen molar-refractivity contribution in [3.05, 3.63) is 0 Å². The third kappa shape index (κ3) is 6.19. The lowest BCUT2D eigenvalue weighted by atomic mass is 10.4. The SMILES string of the molecule is N#CCC(=O)OCCOCC(F)(F)C(F)F. The highest BCUT2D eigenvalue weighted by atomic mass is 19.3. The summed E-state index contributed by atoms with van der Waals surface area (Å²) in [5.74, 6) is -5.04. The van der Waals surface area contributed by atoms with Gasteiger partial charge in [-0.15, -0.1) is 0 Å². The number of carbonyl (C=O) groups is 1. The maximum atomic E-state index is 12.2. The molecule has 0 radical (unpaired) electrons. The van der Waals surface area contributed by atoms with Gasteiger partial charge >= 0.3 is 18.3 Å². The predicted octanol–water partition coefficient (Wildman–Crippen LogP) is 1.36. The first-order chi connectivity index (χ1) is 7.40. The Hall–Kier alpha value is -1.36. The van der Waals surface area contributed by atoms with Crippen molar-refractivity contribution in [3.8, 4) is 6.07 Å². The smallest absolute Gasteiger partial charge is 0.330 e. The first-order valence-corrected chi connectivity index (χ1v) is 4.16. The third-order valence-corrected chi connectivity index (χ3v) is 1.33. The Balaban J connectivity index is 3.55. The van der Waals surface area contributed by atoms with Crippen LogP contribution in [0.3, 0.4) is 0 Å². The molecule has 0 rings (SSSR count). The minimum absolute atomic E-state index is 0.361. The molecule has 0 atom stereocenters. The van der Waals surface area contributed by atoms with Gasteiger partial charge < -0.3 is 9.47 Å². The number of rotatable bonds is 7. The van der Waals surface area contributed by atoms with Gasteiger partial charge in [0.05, 0.1) is 12.7 Å². The van der Waals surface area contributed by atoms with Crippen molar-refractivity contribution in [2.24, 2.45) is 0 Å². The summed E-state index contributed by atoms with van der Waals surface area (Å²) in [6.07, 6.45) is -4.26. The Labute approximate surface area is 88.7 Å². The summed E-state index contributed by atoms with van der Waals surface area (Å²) in [5, 5.41) is 8.04. The molecule has 4 nitrogen and oxygen atoms in total. The zero-order valence-corrected chi connectivity index (χ0v) is 8.09. The number of nitrogens with zero attached hydrogens (tertiary/aromatic N) is 1. The van der Waals surface area contributed by atoms with Crippen LogP contribution in [-0.4, -0.2) is 38.1 Å². The molecule has 0 saturated carbocycles. The lowest BCUT2D eigenvalue weighted by molar-refractivity contribution is -0.170. The van der Waals surface area contributed by atoms with Gasteiger partial charge in [0, 0.05) is 0 Å². The van der Waals surface area contributed by atoms with Gasteiger partial charge in [-0.2, -0.15) is 14.0 Å². The van der Waals surface area contributed by atoms with Crippen LogP contribution in [0.15, 0.2) is 0 Å². The van der Waals surface area contributed by atoms with Crippen molar-refractivity contribution in [2.75, 3.05) is 19.8 Å². The summed E-state index contributed by atoms with van der Waals surface area (Å²) in [7, 11) is 0. The van der Waals surface area contributed by atoms with E-state index in [0.29, 0.717) is 0 Å². The number of alkyl halides is 4. The van der Waals surface area contributed by atoms with Gasteiger partial charge in [-0.25, -0.2) is 8.78 Å².